The summed E-state index contributed by atoms with van der Waals surface area (Å²) in [5, 5.41) is 15.6. The highest BCUT2D eigenvalue weighted by Gasteiger charge is 2.21. The van der Waals surface area contributed by atoms with Crippen LogP contribution >= 0.6 is 0 Å². The molecule has 10 heteroatoms. The third kappa shape index (κ3) is 6.30. The van der Waals surface area contributed by atoms with Gasteiger partial charge in [0.1, 0.15) is 11.5 Å². The van der Waals surface area contributed by atoms with Crippen molar-refractivity contribution in [3.63, 3.8) is 0 Å². The normalized spacial score (nSPS) is 15.0. The molecule has 206 valence electrons. The monoisotopic (exact) mass is 532 g/mol. The summed E-state index contributed by atoms with van der Waals surface area (Å²) in [6, 6.07) is 11.9. The molecule has 5 rings (SSSR count). The van der Waals surface area contributed by atoms with Crippen molar-refractivity contribution in [2.24, 2.45) is 0 Å². The van der Waals surface area contributed by atoms with Gasteiger partial charge in [0.15, 0.2) is 0 Å². The molecule has 39 heavy (non-hydrogen) atoms. The van der Waals surface area contributed by atoms with E-state index in [0.29, 0.717) is 37.8 Å². The van der Waals surface area contributed by atoms with E-state index in [-0.39, 0.29) is 6.04 Å². The van der Waals surface area contributed by atoms with Gasteiger partial charge in [-0.3, -0.25) is 14.6 Å². The number of morpholine rings is 1. The Kier molecular flexibility index (Phi) is 8.25. The average molecular weight is 533 g/mol. The van der Waals surface area contributed by atoms with Crippen molar-refractivity contribution in [2.75, 3.05) is 58.5 Å². The lowest BCUT2D eigenvalue weighted by Gasteiger charge is -2.32. The first-order valence-electron chi connectivity index (χ1n) is 13.2. The summed E-state index contributed by atoms with van der Waals surface area (Å²) >= 11 is 0. The largest absolute Gasteiger partial charge is 0.497 e. The SMILES string of the molecule is COc1cc(OC)cc(N(CC(O)CN2CCOCC2)c2ccc3ncc(-c4cnn(C(C)C)c4)nc3c2)c1. The first-order chi connectivity index (χ1) is 18.9. The lowest BCUT2D eigenvalue weighted by Crippen LogP contribution is -2.44. The fourth-order valence-corrected chi connectivity index (χ4v) is 4.72. The molecule has 1 fully saturated rings. The molecule has 0 bridgehead atoms. The molecule has 1 saturated heterocycles. The molecule has 0 radical (unpaired) electrons. The average Bonchev–Trinajstić information content (AvgIpc) is 3.46. The number of benzene rings is 2. The second-order valence-electron chi connectivity index (χ2n) is 9.98. The van der Waals surface area contributed by atoms with Gasteiger partial charge in [-0.15, -0.1) is 0 Å². The predicted molar refractivity (Wildman–Crippen MR) is 151 cm³/mol. The number of anilines is 2. The summed E-state index contributed by atoms with van der Waals surface area (Å²) in [5.41, 5.74) is 4.94. The zero-order chi connectivity index (χ0) is 27.4. The smallest absolute Gasteiger partial charge is 0.124 e. The minimum atomic E-state index is -0.602. The maximum Gasteiger partial charge on any atom is 0.124 e. The Morgan fingerprint density at radius 2 is 1.72 bits per heavy atom. The Hall–Kier alpha value is -3.73. The summed E-state index contributed by atoms with van der Waals surface area (Å²) in [6.07, 6.45) is 4.98. The minimum absolute atomic E-state index is 0.260. The van der Waals surface area contributed by atoms with Crippen LogP contribution in [0.25, 0.3) is 22.3 Å². The number of methoxy groups -OCH3 is 2. The number of hydrogen-bond acceptors (Lipinski definition) is 9. The molecule has 0 spiro atoms. The van der Waals surface area contributed by atoms with Crippen molar-refractivity contribution in [1.82, 2.24) is 24.6 Å². The Morgan fingerprint density at radius 3 is 2.38 bits per heavy atom. The molecule has 4 aromatic rings. The van der Waals surface area contributed by atoms with Crippen LogP contribution < -0.4 is 14.4 Å². The standard InChI is InChI=1S/C29H36N6O4/c1-20(2)35-17-21(15-31-35)29-16-30-27-6-5-22(13-28(27)32-29)34(19-24(36)18-33-7-9-39-10-8-33)23-11-25(37-3)14-26(12-23)38-4/h5-6,11-17,20,24,36H,7-10,18-19H2,1-4H3. The summed E-state index contributed by atoms with van der Waals surface area (Å²) in [5.74, 6) is 1.34. The lowest BCUT2D eigenvalue weighted by molar-refractivity contribution is 0.0164. The highest BCUT2D eigenvalue weighted by Crippen LogP contribution is 2.34. The molecule has 0 amide bonds. The van der Waals surface area contributed by atoms with Crippen molar-refractivity contribution in [2.45, 2.75) is 26.0 Å². The van der Waals surface area contributed by atoms with E-state index in [1.54, 1.807) is 20.4 Å². The molecule has 1 N–H and O–H groups in total. The van der Waals surface area contributed by atoms with Gasteiger partial charge in [-0.25, -0.2) is 4.98 Å². The number of fused-ring (bicyclic) bond motifs is 1. The fourth-order valence-electron chi connectivity index (χ4n) is 4.72. The first kappa shape index (κ1) is 26.9. The molecule has 3 heterocycles. The van der Waals surface area contributed by atoms with Crippen LogP contribution in [0.2, 0.25) is 0 Å². The third-order valence-electron chi connectivity index (χ3n) is 6.88. The summed E-state index contributed by atoms with van der Waals surface area (Å²) in [7, 11) is 3.26. The minimum Gasteiger partial charge on any atom is -0.497 e. The van der Waals surface area contributed by atoms with Gasteiger partial charge in [-0.1, -0.05) is 0 Å². The number of rotatable bonds is 10. The molecular weight excluding hydrogens is 496 g/mol. The second-order valence-corrected chi connectivity index (χ2v) is 9.98. The molecule has 1 aliphatic heterocycles. The van der Waals surface area contributed by atoms with Crippen molar-refractivity contribution in [1.29, 1.82) is 0 Å². The molecule has 2 aromatic heterocycles. The number of hydrogen-bond donors (Lipinski definition) is 1. The number of β-amino-alcohol motifs (C(OH)–C–C–N with tert-alkyl or cyclic N) is 1. The Balaban J connectivity index is 1.51. The van der Waals surface area contributed by atoms with Crippen LogP contribution in [0.4, 0.5) is 11.4 Å². The van der Waals surface area contributed by atoms with Crippen LogP contribution in [0.15, 0.2) is 55.0 Å². The number of aliphatic hydroxyl groups is 1. The van der Waals surface area contributed by atoms with Crippen LogP contribution in [0, 0.1) is 0 Å². The molecule has 10 nitrogen and oxygen atoms in total. The summed E-state index contributed by atoms with van der Waals surface area (Å²) < 4.78 is 18.5. The molecule has 1 aliphatic rings. The van der Waals surface area contributed by atoms with Crippen LogP contribution in [0.3, 0.4) is 0 Å². The van der Waals surface area contributed by atoms with E-state index in [2.05, 4.69) is 33.7 Å². The number of aromatic nitrogens is 4. The Labute approximate surface area is 228 Å². The van der Waals surface area contributed by atoms with Gasteiger partial charge in [0.05, 0.1) is 69.2 Å². The van der Waals surface area contributed by atoms with Gasteiger partial charge in [-0.05, 0) is 32.0 Å². The van der Waals surface area contributed by atoms with Crippen LogP contribution in [-0.2, 0) is 4.74 Å². The van der Waals surface area contributed by atoms with Gasteiger partial charge < -0.3 is 24.2 Å². The molecule has 1 unspecified atom stereocenters. The van der Waals surface area contributed by atoms with Crippen molar-refractivity contribution in [3.05, 3.63) is 55.0 Å². The maximum absolute atomic E-state index is 11.2. The number of aliphatic hydroxyl groups excluding tert-OH is 1. The molecule has 1 atom stereocenters. The van der Waals surface area contributed by atoms with E-state index in [1.807, 2.05) is 53.5 Å². The van der Waals surface area contributed by atoms with Crippen LogP contribution in [0.1, 0.15) is 19.9 Å². The summed E-state index contributed by atoms with van der Waals surface area (Å²) in [4.78, 5) is 13.9. The second kappa shape index (κ2) is 12.0. The summed E-state index contributed by atoms with van der Waals surface area (Å²) in [6.45, 7) is 8.09. The fraction of sp³-hybridized carbons (Fsp3) is 0.414. The van der Waals surface area contributed by atoms with Crippen molar-refractivity contribution in [3.8, 4) is 22.8 Å². The van der Waals surface area contributed by atoms with E-state index in [9.17, 15) is 5.11 Å². The maximum atomic E-state index is 11.2. The van der Waals surface area contributed by atoms with Crippen LogP contribution in [0.5, 0.6) is 11.5 Å². The number of nitrogens with zero attached hydrogens (tertiary/aromatic N) is 6. The lowest BCUT2D eigenvalue weighted by atomic mass is 10.1. The van der Waals surface area contributed by atoms with Crippen LogP contribution in [-0.4, -0.2) is 89.5 Å². The van der Waals surface area contributed by atoms with Crippen molar-refractivity contribution >= 4 is 22.4 Å². The van der Waals surface area contributed by atoms with Gasteiger partial charge >= 0.3 is 0 Å². The van der Waals surface area contributed by atoms with E-state index < -0.39 is 6.10 Å². The van der Waals surface area contributed by atoms with E-state index >= 15 is 0 Å². The van der Waals surface area contributed by atoms with E-state index in [0.717, 1.165) is 46.8 Å². The highest BCUT2D eigenvalue weighted by atomic mass is 16.5. The molecular formula is C29H36N6O4. The highest BCUT2D eigenvalue weighted by molar-refractivity contribution is 5.82. The molecule has 0 aliphatic carbocycles. The van der Waals surface area contributed by atoms with Crippen molar-refractivity contribution < 1.29 is 19.3 Å². The van der Waals surface area contributed by atoms with Gasteiger partial charge in [-0.2, -0.15) is 5.10 Å². The topological polar surface area (TPSA) is 98.0 Å². The Bertz CT molecular complexity index is 1380. The van der Waals surface area contributed by atoms with E-state index in [4.69, 9.17) is 19.2 Å². The Morgan fingerprint density at radius 1 is 0.974 bits per heavy atom. The zero-order valence-corrected chi connectivity index (χ0v) is 22.9. The first-order valence-corrected chi connectivity index (χ1v) is 13.2. The predicted octanol–water partition coefficient (Wildman–Crippen LogP) is 3.92. The molecule has 0 saturated carbocycles. The molecule has 2 aromatic carbocycles. The van der Waals surface area contributed by atoms with Gasteiger partial charge in [0, 0.05) is 67.0 Å². The quantitative estimate of drug-likeness (QED) is 0.326. The third-order valence-corrected chi connectivity index (χ3v) is 6.88. The zero-order valence-electron chi connectivity index (χ0n) is 22.9. The van der Waals surface area contributed by atoms with Gasteiger partial charge in [0.25, 0.3) is 0 Å². The van der Waals surface area contributed by atoms with E-state index in [1.165, 1.54) is 0 Å². The van der Waals surface area contributed by atoms with Gasteiger partial charge in [0.2, 0.25) is 0 Å². The number of ether oxygens (including phenoxy) is 3.